The monoisotopic (exact) mass is 343 g/mol. The molecule has 0 radical (unpaired) electrons. The Morgan fingerprint density at radius 2 is 1.88 bits per heavy atom. The summed E-state index contributed by atoms with van der Waals surface area (Å²) in [6, 6.07) is 7.41. The van der Waals surface area contributed by atoms with Crippen LogP contribution >= 0.6 is 0 Å². The van der Waals surface area contributed by atoms with Gasteiger partial charge < -0.3 is 10.0 Å². The average Bonchev–Trinajstić information content (AvgIpc) is 3.22. The highest BCUT2D eigenvalue weighted by Crippen LogP contribution is 2.38. The Hall–Kier alpha value is -2.37. The summed E-state index contributed by atoms with van der Waals surface area (Å²) in [5.41, 5.74) is 1.83. The number of carboxylic acids is 1. The number of carbonyl (C=O) groups is 2. The Morgan fingerprint density at radius 1 is 1.20 bits per heavy atom. The summed E-state index contributed by atoms with van der Waals surface area (Å²) in [6.07, 6.45) is 1.46. The van der Waals surface area contributed by atoms with E-state index in [0.717, 1.165) is 24.4 Å². The van der Waals surface area contributed by atoms with E-state index in [1.54, 1.807) is 17.0 Å². The van der Waals surface area contributed by atoms with Crippen LogP contribution in [0.3, 0.4) is 0 Å². The van der Waals surface area contributed by atoms with Crippen molar-refractivity contribution < 1.29 is 14.7 Å². The van der Waals surface area contributed by atoms with E-state index in [0.29, 0.717) is 18.5 Å². The van der Waals surface area contributed by atoms with Gasteiger partial charge in [0.15, 0.2) is 0 Å². The molecule has 1 aromatic rings. The van der Waals surface area contributed by atoms with Gasteiger partial charge in [0.25, 0.3) is 5.91 Å². The Morgan fingerprint density at radius 3 is 2.36 bits per heavy atom. The molecule has 1 fully saturated rings. The molecule has 0 aromatic heterocycles. The third kappa shape index (κ3) is 3.13. The molecule has 1 atom stereocenters. The zero-order chi connectivity index (χ0) is 18.2. The van der Waals surface area contributed by atoms with Gasteiger partial charge in [-0.15, -0.1) is 0 Å². The number of likely N-dealkylation sites (tertiary alicyclic amines) is 1. The molecule has 25 heavy (non-hydrogen) atoms. The standard InChI is InChI=1S/C19H25N3O3/c1-13(2)19(18(24)25)9-11-21(12-19)17(23)15-4-6-16(7-5-15)22-10-8-14(3)20-22/h4-7,13H,8-12H2,1-3H3,(H,24,25). The van der Waals surface area contributed by atoms with E-state index in [1.165, 1.54) is 0 Å². The normalized spacial score (nSPS) is 23.3. The summed E-state index contributed by atoms with van der Waals surface area (Å²) < 4.78 is 0. The van der Waals surface area contributed by atoms with Gasteiger partial charge in [-0.3, -0.25) is 14.6 Å². The van der Waals surface area contributed by atoms with Crippen LogP contribution in [0.5, 0.6) is 0 Å². The van der Waals surface area contributed by atoms with Gasteiger partial charge in [-0.2, -0.15) is 5.10 Å². The van der Waals surface area contributed by atoms with E-state index in [4.69, 9.17) is 0 Å². The Balaban J connectivity index is 1.73. The highest BCUT2D eigenvalue weighted by Gasteiger charge is 2.48. The summed E-state index contributed by atoms with van der Waals surface area (Å²) >= 11 is 0. The van der Waals surface area contributed by atoms with Crippen LogP contribution in [-0.4, -0.2) is 47.2 Å². The molecular weight excluding hydrogens is 318 g/mol. The number of rotatable bonds is 4. The van der Waals surface area contributed by atoms with Crippen LogP contribution in [0.15, 0.2) is 29.4 Å². The smallest absolute Gasteiger partial charge is 0.311 e. The van der Waals surface area contributed by atoms with Gasteiger partial charge in [-0.05, 0) is 43.5 Å². The molecule has 3 rings (SSSR count). The first-order chi connectivity index (χ1) is 11.8. The molecule has 0 bridgehead atoms. The maximum Gasteiger partial charge on any atom is 0.311 e. The van der Waals surface area contributed by atoms with Crippen LogP contribution in [0, 0.1) is 11.3 Å². The second-order valence-electron chi connectivity index (χ2n) is 7.35. The lowest BCUT2D eigenvalue weighted by Crippen LogP contribution is -2.40. The third-order valence-corrected chi connectivity index (χ3v) is 5.51. The van der Waals surface area contributed by atoms with Crippen LogP contribution in [0.1, 0.15) is 44.0 Å². The first kappa shape index (κ1) is 17.5. The molecule has 1 aromatic carbocycles. The van der Waals surface area contributed by atoms with Crippen molar-refractivity contribution in [3.05, 3.63) is 29.8 Å². The number of carboxylic acid groups (broad SMARTS) is 1. The number of nitrogens with zero attached hydrogens (tertiary/aromatic N) is 3. The number of benzene rings is 1. The zero-order valence-electron chi connectivity index (χ0n) is 15.0. The first-order valence-corrected chi connectivity index (χ1v) is 8.78. The van der Waals surface area contributed by atoms with Crippen molar-refractivity contribution >= 4 is 23.3 Å². The Kier molecular flexibility index (Phi) is 4.54. The van der Waals surface area contributed by atoms with Crippen molar-refractivity contribution in [1.29, 1.82) is 0 Å². The van der Waals surface area contributed by atoms with E-state index in [1.807, 2.05) is 37.9 Å². The summed E-state index contributed by atoms with van der Waals surface area (Å²) in [6.45, 7) is 7.46. The van der Waals surface area contributed by atoms with Crippen molar-refractivity contribution in [3.63, 3.8) is 0 Å². The highest BCUT2D eigenvalue weighted by atomic mass is 16.4. The maximum absolute atomic E-state index is 12.8. The predicted molar refractivity (Wildman–Crippen MR) is 96.9 cm³/mol. The molecule has 2 heterocycles. The molecule has 1 amide bonds. The number of anilines is 1. The van der Waals surface area contributed by atoms with Crippen LogP contribution in [0.25, 0.3) is 0 Å². The van der Waals surface area contributed by atoms with Crippen LogP contribution < -0.4 is 5.01 Å². The molecule has 1 N–H and O–H groups in total. The quantitative estimate of drug-likeness (QED) is 0.912. The fourth-order valence-electron chi connectivity index (χ4n) is 3.62. The minimum Gasteiger partial charge on any atom is -0.481 e. The topological polar surface area (TPSA) is 73.2 Å². The molecular formula is C19H25N3O3. The minimum atomic E-state index is -0.836. The average molecular weight is 343 g/mol. The van der Waals surface area contributed by atoms with Crippen LogP contribution in [-0.2, 0) is 4.79 Å². The van der Waals surface area contributed by atoms with Crippen LogP contribution in [0.2, 0.25) is 0 Å². The van der Waals surface area contributed by atoms with E-state index >= 15 is 0 Å². The van der Waals surface area contributed by atoms with Gasteiger partial charge in [-0.1, -0.05) is 13.8 Å². The van der Waals surface area contributed by atoms with E-state index in [9.17, 15) is 14.7 Å². The van der Waals surface area contributed by atoms with Crippen LogP contribution in [0.4, 0.5) is 5.69 Å². The molecule has 2 aliphatic heterocycles. The van der Waals surface area contributed by atoms with Crippen molar-refractivity contribution in [1.82, 2.24) is 4.90 Å². The van der Waals surface area contributed by atoms with Crippen molar-refractivity contribution in [3.8, 4) is 0 Å². The molecule has 2 aliphatic rings. The van der Waals surface area contributed by atoms with Gasteiger partial charge in [-0.25, -0.2) is 0 Å². The maximum atomic E-state index is 12.8. The van der Waals surface area contributed by atoms with E-state index in [-0.39, 0.29) is 18.4 Å². The summed E-state index contributed by atoms with van der Waals surface area (Å²) in [5, 5.41) is 16.0. The fraction of sp³-hybridized carbons (Fsp3) is 0.526. The summed E-state index contributed by atoms with van der Waals surface area (Å²) in [5.74, 6) is -0.923. The molecule has 0 saturated carbocycles. The van der Waals surface area contributed by atoms with Crippen molar-refractivity contribution in [2.45, 2.75) is 33.6 Å². The number of aliphatic carboxylic acids is 1. The Bertz CT molecular complexity index is 711. The lowest BCUT2D eigenvalue weighted by atomic mass is 9.76. The summed E-state index contributed by atoms with van der Waals surface area (Å²) in [7, 11) is 0. The number of carbonyl (C=O) groups excluding carboxylic acids is 1. The van der Waals surface area contributed by atoms with Crippen molar-refractivity contribution in [2.75, 3.05) is 24.6 Å². The number of hydrogen-bond donors (Lipinski definition) is 1. The van der Waals surface area contributed by atoms with Crippen molar-refractivity contribution in [2.24, 2.45) is 16.4 Å². The lowest BCUT2D eigenvalue weighted by Gasteiger charge is -2.28. The molecule has 6 heteroatoms. The third-order valence-electron chi connectivity index (χ3n) is 5.51. The zero-order valence-corrected chi connectivity index (χ0v) is 15.0. The predicted octanol–water partition coefficient (Wildman–Crippen LogP) is 2.85. The lowest BCUT2D eigenvalue weighted by molar-refractivity contribution is -0.150. The molecule has 6 nitrogen and oxygen atoms in total. The van der Waals surface area contributed by atoms with Gasteiger partial charge in [0.1, 0.15) is 0 Å². The fourth-order valence-corrected chi connectivity index (χ4v) is 3.62. The van der Waals surface area contributed by atoms with Gasteiger partial charge in [0, 0.05) is 37.3 Å². The Labute approximate surface area is 148 Å². The second kappa shape index (κ2) is 6.50. The molecule has 0 spiro atoms. The van der Waals surface area contributed by atoms with E-state index < -0.39 is 11.4 Å². The SMILES string of the molecule is CC1=NN(c2ccc(C(=O)N3CCC(C(=O)O)(C(C)C)C3)cc2)CC1. The number of hydrazone groups is 1. The highest BCUT2D eigenvalue weighted by molar-refractivity contribution is 5.95. The summed E-state index contributed by atoms with van der Waals surface area (Å²) in [4.78, 5) is 26.2. The minimum absolute atomic E-state index is 0.0126. The molecule has 1 unspecified atom stereocenters. The second-order valence-corrected chi connectivity index (χ2v) is 7.35. The molecule has 134 valence electrons. The van der Waals surface area contributed by atoms with Gasteiger partial charge >= 0.3 is 5.97 Å². The van der Waals surface area contributed by atoms with E-state index in [2.05, 4.69) is 5.10 Å². The van der Waals surface area contributed by atoms with Gasteiger partial charge in [0.2, 0.25) is 0 Å². The number of hydrogen-bond acceptors (Lipinski definition) is 4. The molecule has 0 aliphatic carbocycles. The molecule has 1 saturated heterocycles. The van der Waals surface area contributed by atoms with Gasteiger partial charge in [0.05, 0.1) is 11.1 Å². The largest absolute Gasteiger partial charge is 0.481 e. The number of amides is 1. The first-order valence-electron chi connectivity index (χ1n) is 8.78.